The number of amides is 1. The average molecular weight is 429 g/mol. The highest BCUT2D eigenvalue weighted by atomic mass is 35.5. The van der Waals surface area contributed by atoms with Gasteiger partial charge in [-0.15, -0.1) is 5.10 Å². The van der Waals surface area contributed by atoms with E-state index >= 15 is 0 Å². The minimum atomic E-state index is -0.0840. The zero-order valence-corrected chi connectivity index (χ0v) is 17.4. The fraction of sp³-hybridized carbons (Fsp3) is 0.200. The molecule has 0 bridgehead atoms. The van der Waals surface area contributed by atoms with E-state index in [9.17, 15) is 4.79 Å². The van der Waals surface area contributed by atoms with Gasteiger partial charge in [-0.3, -0.25) is 4.79 Å². The lowest BCUT2D eigenvalue weighted by Crippen LogP contribution is -2.27. The van der Waals surface area contributed by atoms with E-state index in [4.69, 9.17) is 11.6 Å². The van der Waals surface area contributed by atoms with Gasteiger partial charge in [-0.05, 0) is 30.5 Å². The minimum absolute atomic E-state index is 0.0840. The molecule has 3 N–H and O–H groups in total. The van der Waals surface area contributed by atoms with Crippen molar-refractivity contribution in [3.8, 4) is 0 Å². The monoisotopic (exact) mass is 428 g/mol. The lowest BCUT2D eigenvalue weighted by Gasteiger charge is -2.05. The van der Waals surface area contributed by atoms with Crippen LogP contribution in [0.4, 0.5) is 5.95 Å². The summed E-state index contributed by atoms with van der Waals surface area (Å²) in [7, 11) is 0. The topological polar surface area (TPSA) is 95.1 Å². The summed E-state index contributed by atoms with van der Waals surface area (Å²) in [5, 5.41) is 15.2. The Bertz CT molecular complexity index is 976. The van der Waals surface area contributed by atoms with Crippen molar-refractivity contribution >= 4 is 40.9 Å². The van der Waals surface area contributed by atoms with Crippen LogP contribution in [0, 0.1) is 0 Å². The number of halogens is 1. The van der Waals surface area contributed by atoms with Crippen molar-refractivity contribution in [2.24, 2.45) is 5.10 Å². The molecule has 0 aliphatic rings. The summed E-state index contributed by atoms with van der Waals surface area (Å²) >= 11 is 7.36. The van der Waals surface area contributed by atoms with Crippen LogP contribution in [0.5, 0.6) is 0 Å². The van der Waals surface area contributed by atoms with Gasteiger partial charge >= 0.3 is 0 Å². The van der Waals surface area contributed by atoms with Gasteiger partial charge in [0.05, 0.1) is 11.5 Å². The van der Waals surface area contributed by atoms with E-state index in [-0.39, 0.29) is 11.7 Å². The first-order valence-electron chi connectivity index (χ1n) is 9.03. The van der Waals surface area contributed by atoms with Crippen molar-refractivity contribution in [1.82, 2.24) is 20.5 Å². The Morgan fingerprint density at radius 2 is 1.93 bits per heavy atom. The number of H-pyrrole nitrogens is 1. The number of nitrogens with zero attached hydrogens (tertiary/aromatic N) is 3. The van der Waals surface area contributed by atoms with Gasteiger partial charge in [-0.2, -0.15) is 10.1 Å². The van der Waals surface area contributed by atoms with Crippen molar-refractivity contribution in [1.29, 1.82) is 0 Å². The lowest BCUT2D eigenvalue weighted by atomic mass is 10.1. The number of carbonyl (C=O) groups excluding carboxylic acids is 1. The maximum atomic E-state index is 12.0. The molecule has 1 aromatic heterocycles. The molecule has 0 fully saturated rings. The Kier molecular flexibility index (Phi) is 7.66. The molecule has 9 heteroatoms. The number of hydrazone groups is 1. The van der Waals surface area contributed by atoms with Crippen molar-refractivity contribution in [2.45, 2.75) is 18.5 Å². The van der Waals surface area contributed by atoms with Crippen LogP contribution in [0.1, 0.15) is 18.1 Å². The van der Waals surface area contributed by atoms with Gasteiger partial charge in [0.25, 0.3) is 0 Å². The molecule has 0 saturated carbocycles. The second-order valence-electron chi connectivity index (χ2n) is 6.12. The van der Waals surface area contributed by atoms with Gasteiger partial charge in [-0.1, -0.05) is 71.9 Å². The summed E-state index contributed by atoms with van der Waals surface area (Å²) in [6.07, 6.45) is 0.684. The Balaban J connectivity index is 1.41. The van der Waals surface area contributed by atoms with Gasteiger partial charge in [0, 0.05) is 11.6 Å². The molecule has 2 aromatic carbocycles. The van der Waals surface area contributed by atoms with E-state index in [1.165, 1.54) is 11.8 Å². The molecule has 0 aliphatic carbocycles. The number of carbonyl (C=O) groups is 1. The van der Waals surface area contributed by atoms with Crippen LogP contribution in [-0.4, -0.2) is 39.1 Å². The molecule has 29 heavy (non-hydrogen) atoms. The maximum Gasteiger partial charge on any atom is 0.240 e. The highest BCUT2D eigenvalue weighted by Crippen LogP contribution is 2.15. The molecule has 0 spiro atoms. The van der Waals surface area contributed by atoms with Crippen LogP contribution in [0.15, 0.2) is 64.9 Å². The smallest absolute Gasteiger partial charge is 0.240 e. The average Bonchev–Trinajstić information content (AvgIpc) is 3.20. The van der Waals surface area contributed by atoms with Gasteiger partial charge in [0.2, 0.25) is 17.0 Å². The van der Waals surface area contributed by atoms with Crippen LogP contribution >= 0.6 is 23.4 Å². The molecule has 3 aromatic rings. The molecule has 1 heterocycles. The van der Waals surface area contributed by atoms with E-state index in [1.807, 2.05) is 61.5 Å². The van der Waals surface area contributed by atoms with Crippen LogP contribution in [0.25, 0.3) is 0 Å². The number of benzene rings is 2. The largest absolute Gasteiger partial charge is 0.355 e. The third-order valence-corrected chi connectivity index (χ3v) is 5.21. The van der Waals surface area contributed by atoms with Gasteiger partial charge < -0.3 is 5.32 Å². The van der Waals surface area contributed by atoms with Crippen LogP contribution in [0.2, 0.25) is 5.02 Å². The minimum Gasteiger partial charge on any atom is -0.355 e. The molecule has 0 radical (unpaired) electrons. The molecule has 1 amide bonds. The molecule has 0 atom stereocenters. The van der Waals surface area contributed by atoms with Gasteiger partial charge in [0.15, 0.2) is 0 Å². The second-order valence-corrected chi connectivity index (χ2v) is 7.47. The van der Waals surface area contributed by atoms with Crippen LogP contribution in [-0.2, 0) is 11.2 Å². The first kappa shape index (κ1) is 20.9. The third kappa shape index (κ3) is 6.62. The SMILES string of the molecule is C/C(=N\Nc1nc(SCC(=O)NCCc2ccccc2Cl)n[nH]1)c1ccccc1. The zero-order chi connectivity index (χ0) is 20.5. The molecular weight excluding hydrogens is 408 g/mol. The number of nitrogens with one attached hydrogen (secondary N) is 3. The van der Waals surface area contributed by atoms with Gasteiger partial charge in [-0.25, -0.2) is 10.5 Å². The highest BCUT2D eigenvalue weighted by Gasteiger charge is 2.08. The van der Waals surface area contributed by atoms with Crippen molar-refractivity contribution in [3.63, 3.8) is 0 Å². The second kappa shape index (κ2) is 10.6. The fourth-order valence-electron chi connectivity index (χ4n) is 2.46. The van der Waals surface area contributed by atoms with E-state index in [0.717, 1.165) is 16.8 Å². The predicted octanol–water partition coefficient (Wildman–Crippen LogP) is 3.75. The number of hydrogen-bond donors (Lipinski definition) is 3. The molecule has 3 rings (SSSR count). The van der Waals surface area contributed by atoms with Crippen LogP contribution < -0.4 is 10.7 Å². The van der Waals surface area contributed by atoms with E-state index < -0.39 is 0 Å². The van der Waals surface area contributed by atoms with Gasteiger partial charge in [0.1, 0.15) is 0 Å². The summed E-state index contributed by atoms with van der Waals surface area (Å²) in [6.45, 7) is 2.43. The number of anilines is 1. The highest BCUT2D eigenvalue weighted by molar-refractivity contribution is 7.99. The summed E-state index contributed by atoms with van der Waals surface area (Å²) in [5.41, 5.74) is 5.70. The Labute approximate surface area is 178 Å². The summed E-state index contributed by atoms with van der Waals surface area (Å²) in [5.74, 6) is 0.563. The van der Waals surface area contributed by atoms with Crippen LogP contribution in [0.3, 0.4) is 0 Å². The molecule has 150 valence electrons. The quantitative estimate of drug-likeness (QED) is 0.274. The van der Waals surface area contributed by atoms with E-state index in [1.54, 1.807) is 0 Å². The standard InChI is InChI=1S/C20H21ClN6OS/c1-14(15-7-3-2-4-8-15)24-25-19-23-20(27-26-19)29-13-18(28)22-12-11-16-9-5-6-10-17(16)21/h2-10H,11-13H2,1H3,(H,22,28)(H2,23,25,26,27)/b24-14+. The molecule has 0 aliphatic heterocycles. The number of aromatic nitrogens is 3. The number of aromatic amines is 1. The normalized spacial score (nSPS) is 11.3. The lowest BCUT2D eigenvalue weighted by molar-refractivity contribution is -0.118. The summed E-state index contributed by atoms with van der Waals surface area (Å²) < 4.78 is 0. The van der Waals surface area contributed by atoms with E-state index in [2.05, 4.69) is 31.0 Å². The number of rotatable bonds is 9. The zero-order valence-electron chi connectivity index (χ0n) is 15.9. The maximum absolute atomic E-state index is 12.0. The van der Waals surface area contributed by atoms with Crippen molar-refractivity contribution in [2.75, 3.05) is 17.7 Å². The first-order valence-corrected chi connectivity index (χ1v) is 10.4. The van der Waals surface area contributed by atoms with E-state index in [0.29, 0.717) is 29.1 Å². The summed E-state index contributed by atoms with van der Waals surface area (Å²) in [6, 6.07) is 17.4. The molecule has 0 saturated heterocycles. The molecule has 0 unspecified atom stereocenters. The summed E-state index contributed by atoms with van der Waals surface area (Å²) in [4.78, 5) is 16.3. The van der Waals surface area contributed by atoms with Crippen molar-refractivity contribution < 1.29 is 4.79 Å². The molecular formula is C20H21ClN6OS. The first-order chi connectivity index (χ1) is 14.1. The Hall–Kier alpha value is -2.84. The number of hydrogen-bond acceptors (Lipinski definition) is 6. The van der Waals surface area contributed by atoms with Crippen molar-refractivity contribution in [3.05, 3.63) is 70.7 Å². The number of thioether (sulfide) groups is 1. The Morgan fingerprint density at radius 1 is 1.17 bits per heavy atom. The predicted molar refractivity (Wildman–Crippen MR) is 118 cm³/mol. The Morgan fingerprint density at radius 3 is 2.72 bits per heavy atom. The molecule has 7 nitrogen and oxygen atoms in total. The third-order valence-electron chi connectivity index (χ3n) is 3.99. The fourth-order valence-corrected chi connectivity index (χ4v) is 3.32.